The number of aromatic nitrogens is 1. The monoisotopic (exact) mass is 325 g/mol. The lowest BCUT2D eigenvalue weighted by molar-refractivity contribution is -0.149. The highest BCUT2D eigenvalue weighted by molar-refractivity contribution is 6.05. The van der Waals surface area contributed by atoms with Gasteiger partial charge in [-0.25, -0.2) is 14.6 Å². The van der Waals surface area contributed by atoms with Crippen LogP contribution in [-0.2, 0) is 14.3 Å². The van der Waals surface area contributed by atoms with Gasteiger partial charge in [-0.15, -0.1) is 0 Å². The van der Waals surface area contributed by atoms with Gasteiger partial charge in [0.25, 0.3) is 0 Å². The highest BCUT2D eigenvalue weighted by Crippen LogP contribution is 2.26. The van der Waals surface area contributed by atoms with Crippen molar-refractivity contribution in [2.45, 2.75) is 13.0 Å². The third-order valence-electron chi connectivity index (χ3n) is 3.53. The van der Waals surface area contributed by atoms with Gasteiger partial charge in [-0.05, 0) is 31.2 Å². The SMILES string of the molecule is COC(=O)[C@H](C)OC(=O)c1cc(-c2ccco2)nc2ccccc12. The van der Waals surface area contributed by atoms with Crippen LogP contribution < -0.4 is 0 Å². The minimum absolute atomic E-state index is 0.308. The van der Waals surface area contributed by atoms with Crippen LogP contribution in [0.25, 0.3) is 22.4 Å². The van der Waals surface area contributed by atoms with Gasteiger partial charge in [-0.2, -0.15) is 0 Å². The van der Waals surface area contributed by atoms with Crippen LogP contribution in [0.1, 0.15) is 17.3 Å². The summed E-state index contributed by atoms with van der Waals surface area (Å²) in [6.07, 6.45) is 0.533. The molecule has 0 bridgehead atoms. The summed E-state index contributed by atoms with van der Waals surface area (Å²) in [5, 5.41) is 0.634. The fraction of sp³-hybridized carbons (Fsp3) is 0.167. The van der Waals surface area contributed by atoms with Crippen molar-refractivity contribution in [2.24, 2.45) is 0 Å². The molecule has 0 aliphatic rings. The second-order valence-electron chi connectivity index (χ2n) is 5.12. The van der Waals surface area contributed by atoms with Crippen LogP contribution in [0.2, 0.25) is 0 Å². The largest absolute Gasteiger partial charge is 0.466 e. The summed E-state index contributed by atoms with van der Waals surface area (Å²) >= 11 is 0. The quantitative estimate of drug-likeness (QED) is 0.685. The molecule has 1 aromatic carbocycles. The predicted molar refractivity (Wildman–Crippen MR) is 86.3 cm³/mol. The third-order valence-corrected chi connectivity index (χ3v) is 3.53. The number of benzene rings is 1. The Hall–Kier alpha value is -3.15. The van der Waals surface area contributed by atoms with Crippen molar-refractivity contribution < 1.29 is 23.5 Å². The minimum atomic E-state index is -0.999. The van der Waals surface area contributed by atoms with Gasteiger partial charge in [0, 0.05) is 5.39 Å². The lowest BCUT2D eigenvalue weighted by Crippen LogP contribution is -2.25. The minimum Gasteiger partial charge on any atom is -0.466 e. The molecule has 24 heavy (non-hydrogen) atoms. The Morgan fingerprint density at radius 3 is 2.67 bits per heavy atom. The molecule has 0 N–H and O–H groups in total. The molecule has 0 spiro atoms. The summed E-state index contributed by atoms with van der Waals surface area (Å²) in [7, 11) is 1.24. The van der Waals surface area contributed by atoms with Gasteiger partial charge in [0.15, 0.2) is 11.9 Å². The molecule has 122 valence electrons. The fourth-order valence-corrected chi connectivity index (χ4v) is 2.33. The Balaban J connectivity index is 2.05. The van der Waals surface area contributed by atoms with Crippen LogP contribution in [0, 0.1) is 0 Å². The van der Waals surface area contributed by atoms with Crippen molar-refractivity contribution in [3.8, 4) is 11.5 Å². The second-order valence-corrected chi connectivity index (χ2v) is 5.12. The van der Waals surface area contributed by atoms with Gasteiger partial charge in [0.1, 0.15) is 5.69 Å². The van der Waals surface area contributed by atoms with Crippen LogP contribution in [0.15, 0.2) is 53.1 Å². The summed E-state index contributed by atoms with van der Waals surface area (Å²) in [5.41, 5.74) is 1.45. The molecular weight excluding hydrogens is 310 g/mol. The molecule has 0 saturated heterocycles. The van der Waals surface area contributed by atoms with Crippen LogP contribution in [0.3, 0.4) is 0 Å². The number of pyridine rings is 1. The predicted octanol–water partition coefficient (Wildman–Crippen LogP) is 3.21. The molecule has 0 amide bonds. The number of hydrogen-bond acceptors (Lipinski definition) is 6. The number of carbonyl (C=O) groups is 2. The van der Waals surface area contributed by atoms with E-state index < -0.39 is 18.0 Å². The Kier molecular flexibility index (Phi) is 4.29. The fourth-order valence-electron chi connectivity index (χ4n) is 2.33. The summed E-state index contributed by atoms with van der Waals surface area (Å²) in [4.78, 5) is 28.5. The van der Waals surface area contributed by atoms with Gasteiger partial charge in [-0.1, -0.05) is 18.2 Å². The van der Waals surface area contributed by atoms with Crippen molar-refractivity contribution in [1.82, 2.24) is 4.98 Å². The lowest BCUT2D eigenvalue weighted by atomic mass is 10.1. The van der Waals surface area contributed by atoms with E-state index >= 15 is 0 Å². The van der Waals surface area contributed by atoms with Crippen LogP contribution in [0.4, 0.5) is 0 Å². The number of hydrogen-bond donors (Lipinski definition) is 0. The average molecular weight is 325 g/mol. The lowest BCUT2D eigenvalue weighted by Gasteiger charge is -2.12. The van der Waals surface area contributed by atoms with Gasteiger partial charge in [-0.3, -0.25) is 0 Å². The molecule has 3 rings (SSSR count). The first kappa shape index (κ1) is 15.7. The van der Waals surface area contributed by atoms with E-state index in [4.69, 9.17) is 9.15 Å². The Morgan fingerprint density at radius 2 is 1.96 bits per heavy atom. The standard InChI is InChI=1S/C18H15NO5/c1-11(17(20)22-2)24-18(21)13-10-15(16-8-5-9-23-16)19-14-7-4-3-6-12(13)14/h3-11H,1-2H3/t11-/m0/s1. The molecule has 1 atom stereocenters. The number of ether oxygens (including phenoxy) is 2. The number of carbonyl (C=O) groups excluding carboxylic acids is 2. The zero-order valence-electron chi connectivity index (χ0n) is 13.2. The normalized spacial score (nSPS) is 11.9. The Morgan fingerprint density at radius 1 is 1.17 bits per heavy atom. The number of para-hydroxylation sites is 1. The Bertz CT molecular complexity index is 886. The van der Waals surface area contributed by atoms with E-state index in [2.05, 4.69) is 9.72 Å². The van der Waals surface area contributed by atoms with Crippen LogP contribution in [-0.4, -0.2) is 30.1 Å². The van der Waals surface area contributed by atoms with Gasteiger partial charge < -0.3 is 13.9 Å². The van der Waals surface area contributed by atoms with Gasteiger partial charge in [0.2, 0.25) is 0 Å². The summed E-state index contributed by atoms with van der Waals surface area (Å²) in [6, 6.07) is 12.3. The first-order valence-electron chi connectivity index (χ1n) is 7.32. The van der Waals surface area contributed by atoms with Crippen molar-refractivity contribution in [1.29, 1.82) is 0 Å². The molecule has 0 radical (unpaired) electrons. The Labute approximate surface area is 138 Å². The second kappa shape index (κ2) is 6.54. The first-order chi connectivity index (χ1) is 11.6. The highest BCUT2D eigenvalue weighted by atomic mass is 16.6. The maximum Gasteiger partial charge on any atom is 0.346 e. The maximum atomic E-state index is 12.5. The highest BCUT2D eigenvalue weighted by Gasteiger charge is 2.22. The number of nitrogens with zero attached hydrogens (tertiary/aromatic N) is 1. The van der Waals surface area contributed by atoms with E-state index in [1.54, 1.807) is 36.4 Å². The molecule has 0 unspecified atom stereocenters. The average Bonchev–Trinajstić information content (AvgIpc) is 3.14. The molecule has 2 heterocycles. The summed E-state index contributed by atoms with van der Waals surface area (Å²) < 4.78 is 15.1. The summed E-state index contributed by atoms with van der Waals surface area (Å²) in [6.45, 7) is 1.46. The molecule has 3 aromatic rings. The molecule has 0 aliphatic carbocycles. The first-order valence-corrected chi connectivity index (χ1v) is 7.32. The molecular formula is C18H15NO5. The molecule has 0 fully saturated rings. The van der Waals surface area contributed by atoms with E-state index in [9.17, 15) is 9.59 Å². The smallest absolute Gasteiger partial charge is 0.346 e. The number of esters is 2. The van der Waals surface area contributed by atoms with E-state index in [1.807, 2.05) is 6.07 Å². The van der Waals surface area contributed by atoms with Gasteiger partial charge in [0.05, 0.1) is 24.5 Å². The van der Waals surface area contributed by atoms with E-state index in [1.165, 1.54) is 20.3 Å². The van der Waals surface area contributed by atoms with E-state index in [0.29, 0.717) is 27.9 Å². The summed E-state index contributed by atoms with van der Waals surface area (Å²) in [5.74, 6) is -0.705. The number of furan rings is 1. The van der Waals surface area contributed by atoms with Crippen molar-refractivity contribution in [2.75, 3.05) is 7.11 Å². The molecule has 0 saturated carbocycles. The van der Waals surface area contributed by atoms with Crippen molar-refractivity contribution >= 4 is 22.8 Å². The number of fused-ring (bicyclic) bond motifs is 1. The molecule has 0 aliphatic heterocycles. The molecule has 6 heteroatoms. The van der Waals surface area contributed by atoms with Crippen molar-refractivity contribution in [3.63, 3.8) is 0 Å². The zero-order valence-corrected chi connectivity index (χ0v) is 13.2. The topological polar surface area (TPSA) is 78.6 Å². The molecule has 2 aromatic heterocycles. The molecule has 6 nitrogen and oxygen atoms in total. The van der Waals surface area contributed by atoms with E-state index in [0.717, 1.165) is 0 Å². The number of rotatable bonds is 4. The van der Waals surface area contributed by atoms with Crippen molar-refractivity contribution in [3.05, 3.63) is 54.3 Å². The third kappa shape index (κ3) is 2.99. The zero-order chi connectivity index (χ0) is 17.1. The van der Waals surface area contributed by atoms with Crippen LogP contribution >= 0.6 is 0 Å². The van der Waals surface area contributed by atoms with Crippen LogP contribution in [0.5, 0.6) is 0 Å². The number of methoxy groups -OCH3 is 1. The van der Waals surface area contributed by atoms with E-state index in [-0.39, 0.29) is 0 Å². The maximum absolute atomic E-state index is 12.5. The van der Waals surface area contributed by atoms with Gasteiger partial charge >= 0.3 is 11.9 Å².